The van der Waals surface area contributed by atoms with Crippen LogP contribution in [0.4, 0.5) is 0 Å². The minimum Gasteiger partial charge on any atom is -0.422 e. The monoisotopic (exact) mass is 665 g/mol. The topological polar surface area (TPSA) is 30.4 Å². The Balaban J connectivity index is 1.35. The second-order valence-corrected chi connectivity index (χ2v) is 14.1. The molecule has 2 aromatic heterocycles. The summed E-state index contributed by atoms with van der Waals surface area (Å²) in [6.45, 7) is -2.38. The van der Waals surface area contributed by atoms with Gasteiger partial charge in [0, 0.05) is 35.8 Å². The Morgan fingerprint density at radius 1 is 0.735 bits per heavy atom. The first-order valence-corrected chi connectivity index (χ1v) is 17.0. The molecule has 1 aliphatic heterocycles. The Kier molecular flexibility index (Phi) is 4.58. The van der Waals surface area contributed by atoms with Gasteiger partial charge in [-0.2, -0.15) is 4.98 Å². The fourth-order valence-electron chi connectivity index (χ4n) is 7.38. The van der Waals surface area contributed by atoms with Crippen LogP contribution in [0.1, 0.15) is 69.2 Å². The highest BCUT2D eigenvalue weighted by Gasteiger charge is 2.34. The molecule has 0 atom stereocenters. The molecule has 0 fully saturated rings. The minimum atomic E-state index is -2.71. The zero-order valence-electron chi connectivity index (χ0n) is 38.1. The predicted octanol–water partition coefficient (Wildman–Crippen LogP) is 12.5. The van der Waals surface area contributed by atoms with Gasteiger partial charge in [-0.25, -0.2) is 0 Å². The molecule has 0 unspecified atom stereocenters. The summed E-state index contributed by atoms with van der Waals surface area (Å²) in [5.74, 6) is 0.290. The number of hydrogen-bond donors (Lipinski definition) is 0. The van der Waals surface area contributed by atoms with Gasteiger partial charge in [0.25, 0.3) is 0 Å². The number of nitrogens with zero attached hydrogens (tertiary/aromatic N) is 2. The first-order valence-electron chi connectivity index (χ1n) is 21.6. The van der Waals surface area contributed by atoms with Gasteiger partial charge in [0.05, 0.1) is 16.6 Å². The number of para-hydroxylation sites is 2. The third-order valence-corrected chi connectivity index (χ3v) is 11.1. The second-order valence-electron chi connectivity index (χ2n) is 13.0. The maximum Gasteiger partial charge on any atom is 0.307 e. The first kappa shape index (κ1) is 20.5. The lowest BCUT2D eigenvalue weighted by Crippen LogP contribution is -2.24. The number of fused-ring (bicyclic) bond motifs is 7. The van der Waals surface area contributed by atoms with E-state index in [2.05, 4.69) is 24.9 Å². The van der Waals surface area contributed by atoms with Gasteiger partial charge in [-0.1, -0.05) is 105 Å². The number of benzene rings is 6. The molecule has 0 radical (unpaired) electrons. The summed E-state index contributed by atoms with van der Waals surface area (Å²) >= 11 is 1.46. The van der Waals surface area contributed by atoms with E-state index in [1.54, 1.807) is 42.5 Å². The van der Waals surface area contributed by atoms with E-state index in [1.807, 2.05) is 52.9 Å². The summed E-state index contributed by atoms with van der Waals surface area (Å²) < 4.78 is 104. The van der Waals surface area contributed by atoms with Gasteiger partial charge in [0.15, 0.2) is 5.58 Å². The standard InChI is InChI=1S/C45H38N2OS/c1-7-29-21-23-38-42(48-44-46-36-13-9-10-14-37(36)47(38)44)41(29)31-20-17-27(3)33(25-31)32-24-30(19-16-26(32)2)40-28(4)18-22-35-43(40)49-39-15-11-8-12-34(39)45(35,5)6/h8-25H,7H2,1-6H3/i2D3,3D3,4D3,7D2. The lowest BCUT2D eigenvalue weighted by molar-refractivity contribution is 0.607. The summed E-state index contributed by atoms with van der Waals surface area (Å²) in [6, 6.07) is 31.7. The number of oxazole rings is 1. The van der Waals surface area contributed by atoms with Gasteiger partial charge in [-0.05, 0) is 125 Å². The van der Waals surface area contributed by atoms with Gasteiger partial charge in [0.1, 0.15) is 0 Å². The number of aryl methyl sites for hydroxylation is 4. The molecule has 0 aliphatic carbocycles. The zero-order valence-corrected chi connectivity index (χ0v) is 27.9. The molecule has 4 heteroatoms. The average Bonchev–Trinajstić information content (AvgIpc) is 3.71. The quantitative estimate of drug-likeness (QED) is 0.187. The highest BCUT2D eigenvalue weighted by Crippen LogP contribution is 2.53. The number of aromatic nitrogens is 2. The lowest BCUT2D eigenvalue weighted by Gasteiger charge is -2.36. The van der Waals surface area contributed by atoms with Crippen LogP contribution in [0.25, 0.3) is 61.4 Å². The van der Waals surface area contributed by atoms with Gasteiger partial charge in [-0.3, -0.25) is 4.40 Å². The molecule has 3 nitrogen and oxygen atoms in total. The molecule has 6 aromatic carbocycles. The van der Waals surface area contributed by atoms with E-state index in [9.17, 15) is 0 Å². The van der Waals surface area contributed by atoms with Crippen LogP contribution < -0.4 is 0 Å². The van der Waals surface area contributed by atoms with Gasteiger partial charge >= 0.3 is 5.84 Å². The fraction of sp³-hybridized carbons (Fsp3) is 0.178. The van der Waals surface area contributed by atoms with Crippen LogP contribution in [0.3, 0.4) is 0 Å². The van der Waals surface area contributed by atoms with Crippen molar-refractivity contribution in [3.63, 3.8) is 0 Å². The Morgan fingerprint density at radius 3 is 2.18 bits per heavy atom. The SMILES string of the molecule is [2H]C([2H])([2H])c1ccc(-c2c(C([2H])([2H])[2H])ccc3c2Sc2ccccc2C3(C)C)cc1-c1cc(-c2c(C([2H])([2H])C)ccc3c2oc2nc4ccccc4n23)ccc1C([2H])([2H])[2H]. The smallest absolute Gasteiger partial charge is 0.307 e. The van der Waals surface area contributed by atoms with E-state index in [0.29, 0.717) is 38.9 Å². The van der Waals surface area contributed by atoms with Crippen LogP contribution in [-0.4, -0.2) is 9.38 Å². The van der Waals surface area contributed by atoms with Crippen molar-refractivity contribution < 1.29 is 19.5 Å². The molecular formula is C45H38N2OS. The van der Waals surface area contributed by atoms with Crippen molar-refractivity contribution in [2.24, 2.45) is 0 Å². The van der Waals surface area contributed by atoms with Crippen LogP contribution >= 0.6 is 11.8 Å². The molecule has 9 rings (SSSR count). The van der Waals surface area contributed by atoms with Crippen molar-refractivity contribution >= 4 is 39.7 Å². The molecule has 3 heterocycles. The van der Waals surface area contributed by atoms with Crippen LogP contribution in [0.15, 0.2) is 123 Å². The Labute approximate surface area is 307 Å². The van der Waals surface area contributed by atoms with E-state index < -0.39 is 32.3 Å². The maximum absolute atomic E-state index is 8.88. The Morgan fingerprint density at radius 2 is 1.43 bits per heavy atom. The molecule has 0 saturated heterocycles. The van der Waals surface area contributed by atoms with Crippen LogP contribution in [0.2, 0.25) is 0 Å². The third kappa shape index (κ3) is 4.47. The van der Waals surface area contributed by atoms with Gasteiger partial charge < -0.3 is 4.42 Å². The Hall–Kier alpha value is -5.06. The maximum atomic E-state index is 8.88. The highest BCUT2D eigenvalue weighted by molar-refractivity contribution is 7.99. The van der Waals surface area contributed by atoms with E-state index in [4.69, 9.17) is 19.5 Å². The minimum absolute atomic E-state index is 0.0816. The van der Waals surface area contributed by atoms with Crippen molar-refractivity contribution in [2.75, 3.05) is 0 Å². The van der Waals surface area contributed by atoms with Gasteiger partial charge in [0.2, 0.25) is 0 Å². The number of imidazole rings is 1. The van der Waals surface area contributed by atoms with E-state index in [-0.39, 0.29) is 39.2 Å². The van der Waals surface area contributed by atoms with Crippen LogP contribution in [-0.2, 0) is 11.8 Å². The first-order chi connectivity index (χ1) is 28.0. The van der Waals surface area contributed by atoms with E-state index in [1.165, 1.54) is 30.8 Å². The lowest BCUT2D eigenvalue weighted by atomic mass is 9.76. The number of rotatable bonds is 4. The van der Waals surface area contributed by atoms with Crippen molar-refractivity contribution in [3.05, 3.63) is 143 Å². The largest absolute Gasteiger partial charge is 0.422 e. The van der Waals surface area contributed by atoms with Gasteiger partial charge in [-0.15, -0.1) is 0 Å². The molecule has 0 N–H and O–H groups in total. The van der Waals surface area contributed by atoms with Crippen molar-refractivity contribution in [2.45, 2.75) is 62.9 Å². The molecule has 0 amide bonds. The molecule has 0 saturated carbocycles. The van der Waals surface area contributed by atoms with Crippen LogP contribution in [0.5, 0.6) is 0 Å². The molecule has 1 aliphatic rings. The normalized spacial score (nSPS) is 18.1. The average molecular weight is 666 g/mol. The summed E-state index contributed by atoms with van der Waals surface area (Å²) in [4.78, 5) is 6.36. The highest BCUT2D eigenvalue weighted by atomic mass is 32.2. The second kappa shape index (κ2) is 11.0. The predicted molar refractivity (Wildman–Crippen MR) is 205 cm³/mol. The number of hydrogen-bond acceptors (Lipinski definition) is 3. The van der Waals surface area contributed by atoms with E-state index in [0.717, 1.165) is 26.4 Å². The van der Waals surface area contributed by atoms with Crippen molar-refractivity contribution in [1.82, 2.24) is 9.38 Å². The molecule has 0 spiro atoms. The summed E-state index contributed by atoms with van der Waals surface area (Å²) in [7, 11) is 0. The summed E-state index contributed by atoms with van der Waals surface area (Å²) in [5.41, 5.74) is 5.78. The molecular weight excluding hydrogens is 617 g/mol. The van der Waals surface area contributed by atoms with Crippen LogP contribution in [0, 0.1) is 20.6 Å². The third-order valence-electron chi connectivity index (χ3n) is 9.88. The molecule has 49 heavy (non-hydrogen) atoms. The zero-order chi connectivity index (χ0) is 42.9. The molecule has 0 bridgehead atoms. The summed E-state index contributed by atoms with van der Waals surface area (Å²) in [5, 5.41) is 0. The Bertz CT molecular complexity index is 3060. The molecule has 8 aromatic rings. The van der Waals surface area contributed by atoms with E-state index >= 15 is 0 Å². The molecule has 240 valence electrons. The summed E-state index contributed by atoms with van der Waals surface area (Å²) in [6.07, 6.45) is -1.89. The fourth-order valence-corrected chi connectivity index (χ4v) is 8.94. The van der Waals surface area contributed by atoms with Crippen molar-refractivity contribution in [1.29, 1.82) is 0 Å². The van der Waals surface area contributed by atoms with Crippen molar-refractivity contribution in [3.8, 4) is 33.4 Å².